The van der Waals surface area contributed by atoms with E-state index in [1.807, 2.05) is 0 Å². The van der Waals surface area contributed by atoms with Crippen LogP contribution in [0.15, 0.2) is 53.6 Å². The number of hydrogen-bond acceptors (Lipinski definition) is 4. The first-order valence-corrected chi connectivity index (χ1v) is 7.67. The monoisotopic (exact) mass is 343 g/mol. The maximum Gasteiger partial charge on any atom is 0.329 e. The number of benzene rings is 2. The summed E-state index contributed by atoms with van der Waals surface area (Å²) < 4.78 is 18.7. The number of carbonyl (C=O) groups is 2. The summed E-state index contributed by atoms with van der Waals surface area (Å²) in [7, 11) is 0. The normalized spacial score (nSPS) is 10.5. The Labute approximate surface area is 144 Å². The molecule has 0 spiro atoms. The first-order chi connectivity index (χ1) is 12.1. The molecule has 0 bridgehead atoms. The second-order valence-electron chi connectivity index (χ2n) is 5.05. The lowest BCUT2D eigenvalue weighted by Crippen LogP contribution is -2.37. The van der Waals surface area contributed by atoms with Crippen molar-refractivity contribution in [3.05, 3.63) is 65.5 Å². The molecule has 0 radical (unpaired) electrons. The highest BCUT2D eigenvalue weighted by atomic mass is 19.1. The molecule has 0 saturated carbocycles. The van der Waals surface area contributed by atoms with Crippen molar-refractivity contribution in [1.82, 2.24) is 10.7 Å². The number of halogens is 1. The van der Waals surface area contributed by atoms with Crippen LogP contribution in [-0.4, -0.2) is 24.6 Å². The molecule has 2 amide bonds. The highest BCUT2D eigenvalue weighted by Crippen LogP contribution is 2.14. The van der Waals surface area contributed by atoms with Crippen LogP contribution < -0.4 is 15.5 Å². The Balaban J connectivity index is 1.91. The van der Waals surface area contributed by atoms with Crippen molar-refractivity contribution in [2.45, 2.75) is 13.5 Å². The number of rotatable bonds is 6. The Morgan fingerprint density at radius 2 is 1.96 bits per heavy atom. The molecular weight excluding hydrogens is 325 g/mol. The lowest BCUT2D eigenvalue weighted by atomic mass is 10.2. The van der Waals surface area contributed by atoms with Crippen molar-refractivity contribution in [1.29, 1.82) is 0 Å². The molecule has 130 valence electrons. The van der Waals surface area contributed by atoms with Crippen LogP contribution in [0.4, 0.5) is 4.39 Å². The van der Waals surface area contributed by atoms with E-state index in [9.17, 15) is 14.0 Å². The molecule has 25 heavy (non-hydrogen) atoms. The minimum absolute atomic E-state index is 0.228. The molecule has 2 rings (SSSR count). The van der Waals surface area contributed by atoms with Crippen LogP contribution in [-0.2, 0) is 16.2 Å². The molecule has 0 fully saturated rings. The van der Waals surface area contributed by atoms with E-state index < -0.39 is 11.8 Å². The van der Waals surface area contributed by atoms with Gasteiger partial charge < -0.3 is 10.1 Å². The van der Waals surface area contributed by atoms with E-state index in [4.69, 9.17) is 4.74 Å². The Bertz CT molecular complexity index is 778. The quantitative estimate of drug-likeness (QED) is 0.478. The molecule has 0 aliphatic rings. The number of nitrogens with zero attached hydrogens (tertiary/aromatic N) is 1. The molecular formula is C18H18FN3O3. The lowest BCUT2D eigenvalue weighted by molar-refractivity contribution is -0.139. The third-order valence-electron chi connectivity index (χ3n) is 3.08. The van der Waals surface area contributed by atoms with E-state index in [1.165, 1.54) is 18.3 Å². The summed E-state index contributed by atoms with van der Waals surface area (Å²) in [6.45, 7) is 2.30. The van der Waals surface area contributed by atoms with Crippen molar-refractivity contribution in [3.8, 4) is 5.75 Å². The van der Waals surface area contributed by atoms with Crippen molar-refractivity contribution >= 4 is 18.0 Å². The number of ether oxygens (including phenoxy) is 1. The van der Waals surface area contributed by atoms with Crippen LogP contribution in [0, 0.1) is 5.82 Å². The van der Waals surface area contributed by atoms with Gasteiger partial charge in [-0.3, -0.25) is 9.59 Å². The summed E-state index contributed by atoms with van der Waals surface area (Å²) >= 11 is 0. The van der Waals surface area contributed by atoms with Gasteiger partial charge in [-0.2, -0.15) is 5.10 Å². The van der Waals surface area contributed by atoms with Crippen LogP contribution in [0.25, 0.3) is 0 Å². The van der Waals surface area contributed by atoms with Gasteiger partial charge in [0, 0.05) is 6.54 Å². The summed E-state index contributed by atoms with van der Waals surface area (Å²) in [5.41, 5.74) is 3.53. The number of hydrogen-bond donors (Lipinski definition) is 2. The minimum Gasteiger partial charge on any atom is -0.489 e. The third kappa shape index (κ3) is 6.06. The highest BCUT2D eigenvalue weighted by Gasteiger charge is 2.10. The molecule has 7 heteroatoms. The number of likely N-dealkylation sites (N-methyl/N-ethyl adjacent to an activating group) is 1. The fourth-order valence-electron chi connectivity index (χ4n) is 1.94. The average molecular weight is 343 g/mol. The molecule has 0 aliphatic carbocycles. The first kappa shape index (κ1) is 18.1. The Kier molecular flexibility index (Phi) is 6.65. The fraction of sp³-hybridized carbons (Fsp3) is 0.167. The van der Waals surface area contributed by atoms with Gasteiger partial charge in [-0.1, -0.05) is 24.3 Å². The van der Waals surface area contributed by atoms with Crippen LogP contribution in [0.5, 0.6) is 5.75 Å². The predicted octanol–water partition coefficient (Wildman–Crippen LogP) is 1.99. The van der Waals surface area contributed by atoms with E-state index >= 15 is 0 Å². The number of hydrazone groups is 1. The number of amides is 2. The molecule has 2 aromatic rings. The van der Waals surface area contributed by atoms with Gasteiger partial charge in [0.1, 0.15) is 18.2 Å². The fourth-order valence-corrected chi connectivity index (χ4v) is 1.94. The summed E-state index contributed by atoms with van der Waals surface area (Å²) in [5, 5.41) is 6.09. The summed E-state index contributed by atoms with van der Waals surface area (Å²) in [6, 6.07) is 13.1. The predicted molar refractivity (Wildman–Crippen MR) is 91.6 cm³/mol. The Morgan fingerprint density at radius 3 is 2.72 bits per heavy atom. The average Bonchev–Trinajstić information content (AvgIpc) is 2.60. The summed E-state index contributed by atoms with van der Waals surface area (Å²) in [4.78, 5) is 22.6. The van der Waals surface area contributed by atoms with Gasteiger partial charge >= 0.3 is 11.8 Å². The van der Waals surface area contributed by atoms with Crippen LogP contribution in [0.2, 0.25) is 0 Å². The van der Waals surface area contributed by atoms with Gasteiger partial charge in [0.2, 0.25) is 0 Å². The molecule has 0 aliphatic heterocycles. The van der Waals surface area contributed by atoms with Crippen molar-refractivity contribution in [2.24, 2.45) is 5.10 Å². The molecule has 2 N–H and O–H groups in total. The van der Waals surface area contributed by atoms with Gasteiger partial charge in [0.15, 0.2) is 0 Å². The van der Waals surface area contributed by atoms with Gasteiger partial charge in [0.25, 0.3) is 0 Å². The van der Waals surface area contributed by atoms with E-state index in [2.05, 4.69) is 15.8 Å². The molecule has 0 heterocycles. The minimum atomic E-state index is -0.836. The lowest BCUT2D eigenvalue weighted by Gasteiger charge is -2.07. The summed E-state index contributed by atoms with van der Waals surface area (Å²) in [5.74, 6) is -1.32. The molecule has 0 unspecified atom stereocenters. The number of carbonyl (C=O) groups excluding carboxylic acids is 2. The van der Waals surface area contributed by atoms with Crippen molar-refractivity contribution in [3.63, 3.8) is 0 Å². The second-order valence-corrected chi connectivity index (χ2v) is 5.05. The smallest absolute Gasteiger partial charge is 0.329 e. The van der Waals surface area contributed by atoms with Crippen molar-refractivity contribution in [2.75, 3.05) is 6.54 Å². The van der Waals surface area contributed by atoms with Crippen molar-refractivity contribution < 1.29 is 18.7 Å². The Morgan fingerprint density at radius 1 is 1.16 bits per heavy atom. The molecule has 0 atom stereocenters. The standard InChI is InChI=1S/C18H18FN3O3/c1-2-20-17(23)18(24)22-21-11-13-5-4-8-16(10-13)25-12-14-6-3-7-15(19)9-14/h3-11H,2,12H2,1H3,(H,20,23)(H,22,24)/b21-11-. The van der Waals surface area contributed by atoms with Gasteiger partial charge in [-0.15, -0.1) is 0 Å². The molecule has 0 saturated heterocycles. The topological polar surface area (TPSA) is 79.8 Å². The zero-order chi connectivity index (χ0) is 18.1. The molecule has 6 nitrogen and oxygen atoms in total. The first-order valence-electron chi connectivity index (χ1n) is 7.67. The second kappa shape index (κ2) is 9.17. The van der Waals surface area contributed by atoms with E-state index in [-0.39, 0.29) is 12.4 Å². The Hall–Kier alpha value is -3.22. The molecule has 2 aromatic carbocycles. The third-order valence-corrected chi connectivity index (χ3v) is 3.08. The van der Waals surface area contributed by atoms with E-state index in [0.29, 0.717) is 23.4 Å². The molecule has 0 aromatic heterocycles. The number of nitrogens with one attached hydrogen (secondary N) is 2. The SMILES string of the molecule is CCNC(=O)C(=O)N/N=C\c1cccc(OCc2cccc(F)c2)c1. The van der Waals surface area contributed by atoms with Crippen LogP contribution >= 0.6 is 0 Å². The van der Waals surface area contributed by atoms with Gasteiger partial charge in [-0.25, -0.2) is 9.82 Å². The zero-order valence-electron chi connectivity index (χ0n) is 13.7. The zero-order valence-corrected chi connectivity index (χ0v) is 13.7. The van der Waals surface area contributed by atoms with E-state index in [0.717, 1.165) is 0 Å². The largest absolute Gasteiger partial charge is 0.489 e. The maximum absolute atomic E-state index is 13.1. The van der Waals surface area contributed by atoms with Gasteiger partial charge in [-0.05, 0) is 42.3 Å². The van der Waals surface area contributed by atoms with E-state index in [1.54, 1.807) is 43.3 Å². The van der Waals surface area contributed by atoms with Crippen LogP contribution in [0.3, 0.4) is 0 Å². The van der Waals surface area contributed by atoms with Crippen LogP contribution in [0.1, 0.15) is 18.1 Å². The highest BCUT2D eigenvalue weighted by molar-refractivity contribution is 6.35. The van der Waals surface area contributed by atoms with Gasteiger partial charge in [0.05, 0.1) is 6.21 Å². The maximum atomic E-state index is 13.1. The summed E-state index contributed by atoms with van der Waals surface area (Å²) in [6.07, 6.45) is 1.40.